The van der Waals surface area contributed by atoms with Crippen molar-refractivity contribution in [3.63, 3.8) is 0 Å². The second-order valence-electron chi connectivity index (χ2n) is 6.66. The minimum atomic E-state index is -0.397. The normalized spacial score (nSPS) is 12.1. The second kappa shape index (κ2) is 9.12. The Labute approximate surface area is 167 Å². The zero-order chi connectivity index (χ0) is 20.1. The van der Waals surface area contributed by atoms with Gasteiger partial charge < -0.3 is 14.0 Å². The molecule has 0 aliphatic carbocycles. The van der Waals surface area contributed by atoms with Crippen LogP contribution in [0.3, 0.4) is 0 Å². The minimum absolute atomic E-state index is 0.159. The van der Waals surface area contributed by atoms with Gasteiger partial charge in [-0.15, -0.1) is 0 Å². The number of halogens is 1. The van der Waals surface area contributed by atoms with E-state index in [1.165, 1.54) is 29.0 Å². The van der Waals surface area contributed by atoms with Crippen molar-refractivity contribution in [1.82, 2.24) is 4.57 Å². The van der Waals surface area contributed by atoms with E-state index in [1.807, 2.05) is 28.8 Å². The van der Waals surface area contributed by atoms with Gasteiger partial charge in [-0.1, -0.05) is 37.3 Å². The maximum Gasteiger partial charge on any atom is 0.286 e. The van der Waals surface area contributed by atoms with E-state index in [2.05, 4.69) is 18.8 Å². The van der Waals surface area contributed by atoms with E-state index in [-0.39, 0.29) is 12.4 Å². The van der Waals surface area contributed by atoms with Crippen molar-refractivity contribution in [2.45, 2.75) is 26.3 Å². The first-order valence-corrected chi connectivity index (χ1v) is 9.87. The monoisotopic (exact) mass is 402 g/mol. The van der Waals surface area contributed by atoms with Gasteiger partial charge in [0.15, 0.2) is 11.4 Å². The van der Waals surface area contributed by atoms with Crippen LogP contribution in [-0.2, 0) is 16.1 Å². The lowest BCUT2D eigenvalue weighted by molar-refractivity contribution is -0.120. The van der Waals surface area contributed by atoms with Gasteiger partial charge >= 0.3 is 0 Å². The standard InChI is InChI=1S/C21H23FN2O3S/c1-14(2)15-4-7-17(8-5-15)27-13-20(25)23-21-24(10-11-26-3)18-9-6-16(22)12-19(18)28-21/h4-9,12,14H,10-11,13H2,1-3H3. The van der Waals surface area contributed by atoms with E-state index in [9.17, 15) is 9.18 Å². The number of thiazole rings is 1. The Morgan fingerprint density at radius 1 is 1.21 bits per heavy atom. The maximum atomic E-state index is 13.5. The summed E-state index contributed by atoms with van der Waals surface area (Å²) in [6.07, 6.45) is 0. The summed E-state index contributed by atoms with van der Waals surface area (Å²) >= 11 is 1.27. The van der Waals surface area contributed by atoms with E-state index < -0.39 is 5.91 Å². The molecule has 0 bridgehead atoms. The Balaban J connectivity index is 1.79. The Morgan fingerprint density at radius 2 is 1.96 bits per heavy atom. The number of benzene rings is 2. The highest BCUT2D eigenvalue weighted by atomic mass is 32.1. The number of carbonyl (C=O) groups is 1. The van der Waals surface area contributed by atoms with Crippen LogP contribution >= 0.6 is 11.3 Å². The molecule has 1 aromatic heterocycles. The number of amides is 1. The lowest BCUT2D eigenvalue weighted by Gasteiger charge is -2.07. The third-order valence-corrected chi connectivity index (χ3v) is 5.33. The number of carbonyl (C=O) groups excluding carboxylic acids is 1. The quantitative estimate of drug-likeness (QED) is 0.597. The fourth-order valence-corrected chi connectivity index (χ4v) is 3.86. The Bertz CT molecular complexity index is 1020. The molecule has 0 saturated heterocycles. The van der Waals surface area contributed by atoms with Gasteiger partial charge in [0.1, 0.15) is 11.6 Å². The summed E-state index contributed by atoms with van der Waals surface area (Å²) in [5.74, 6) is 0.342. The highest BCUT2D eigenvalue weighted by Gasteiger charge is 2.09. The van der Waals surface area contributed by atoms with Crippen LogP contribution in [0.15, 0.2) is 47.5 Å². The number of ether oxygens (including phenoxy) is 2. The first-order valence-electron chi connectivity index (χ1n) is 9.06. The molecule has 1 amide bonds. The number of rotatable bonds is 7. The van der Waals surface area contributed by atoms with E-state index in [4.69, 9.17) is 9.47 Å². The van der Waals surface area contributed by atoms with Crippen LogP contribution in [0.5, 0.6) is 5.75 Å². The molecule has 0 spiro atoms. The summed E-state index contributed by atoms with van der Waals surface area (Å²) in [4.78, 5) is 17.0. The summed E-state index contributed by atoms with van der Waals surface area (Å²) in [5, 5.41) is 0. The zero-order valence-electron chi connectivity index (χ0n) is 16.1. The largest absolute Gasteiger partial charge is 0.484 e. The molecular weight excluding hydrogens is 379 g/mol. The molecule has 1 heterocycles. The topological polar surface area (TPSA) is 52.8 Å². The van der Waals surface area contributed by atoms with Crippen LogP contribution in [-0.4, -0.2) is 30.8 Å². The van der Waals surface area contributed by atoms with E-state index >= 15 is 0 Å². The lowest BCUT2D eigenvalue weighted by Crippen LogP contribution is -2.21. The molecule has 0 fully saturated rings. The molecule has 0 saturated carbocycles. The average molecular weight is 402 g/mol. The average Bonchev–Trinajstić information content (AvgIpc) is 3.00. The summed E-state index contributed by atoms with van der Waals surface area (Å²) < 4.78 is 26.8. The number of nitrogens with zero attached hydrogens (tertiary/aromatic N) is 2. The molecule has 0 N–H and O–H groups in total. The smallest absolute Gasteiger partial charge is 0.286 e. The number of hydrogen-bond donors (Lipinski definition) is 0. The summed E-state index contributed by atoms with van der Waals surface area (Å²) in [6, 6.07) is 12.2. The fourth-order valence-electron chi connectivity index (χ4n) is 2.76. The van der Waals surface area contributed by atoms with Crippen molar-refractivity contribution < 1.29 is 18.7 Å². The predicted molar refractivity (Wildman–Crippen MR) is 108 cm³/mol. The lowest BCUT2D eigenvalue weighted by atomic mass is 10.0. The number of aromatic nitrogens is 1. The van der Waals surface area contributed by atoms with E-state index in [1.54, 1.807) is 13.2 Å². The van der Waals surface area contributed by atoms with Crippen molar-refractivity contribution in [3.05, 3.63) is 58.6 Å². The van der Waals surface area contributed by atoms with Gasteiger partial charge in [0, 0.05) is 13.7 Å². The summed E-state index contributed by atoms with van der Waals surface area (Å²) in [5.41, 5.74) is 2.03. The van der Waals surface area contributed by atoms with Gasteiger partial charge in [-0.3, -0.25) is 4.79 Å². The van der Waals surface area contributed by atoms with Gasteiger partial charge in [0.25, 0.3) is 5.91 Å². The molecule has 28 heavy (non-hydrogen) atoms. The third-order valence-electron chi connectivity index (χ3n) is 4.29. The van der Waals surface area contributed by atoms with Gasteiger partial charge in [0.05, 0.1) is 16.8 Å². The molecular formula is C21H23FN2O3S. The zero-order valence-corrected chi connectivity index (χ0v) is 17.0. The van der Waals surface area contributed by atoms with Gasteiger partial charge in [-0.25, -0.2) is 4.39 Å². The van der Waals surface area contributed by atoms with Crippen LogP contribution in [0.25, 0.3) is 10.2 Å². The van der Waals surface area contributed by atoms with Crippen molar-refractivity contribution in [2.24, 2.45) is 4.99 Å². The van der Waals surface area contributed by atoms with E-state index in [0.717, 1.165) is 10.2 Å². The Hall–Kier alpha value is -2.51. The number of hydrogen-bond acceptors (Lipinski definition) is 4. The molecule has 3 aromatic rings. The third kappa shape index (κ3) is 4.85. The van der Waals surface area contributed by atoms with Crippen molar-refractivity contribution >= 4 is 27.5 Å². The first-order chi connectivity index (χ1) is 13.5. The first kappa shape index (κ1) is 20.2. The highest BCUT2D eigenvalue weighted by molar-refractivity contribution is 7.16. The van der Waals surface area contributed by atoms with Gasteiger partial charge in [-0.2, -0.15) is 4.99 Å². The van der Waals surface area contributed by atoms with Crippen LogP contribution in [0.4, 0.5) is 4.39 Å². The molecule has 0 atom stereocenters. The Kier molecular flexibility index (Phi) is 6.59. The summed E-state index contributed by atoms with van der Waals surface area (Å²) in [6.45, 7) is 5.06. The van der Waals surface area contributed by atoms with Gasteiger partial charge in [0.2, 0.25) is 0 Å². The predicted octanol–water partition coefficient (Wildman–Crippen LogP) is 4.12. The second-order valence-corrected chi connectivity index (χ2v) is 7.67. The molecule has 0 radical (unpaired) electrons. The van der Waals surface area contributed by atoms with Crippen LogP contribution in [0, 0.1) is 5.82 Å². The molecule has 0 aliphatic heterocycles. The summed E-state index contributed by atoms with van der Waals surface area (Å²) in [7, 11) is 1.61. The highest BCUT2D eigenvalue weighted by Crippen LogP contribution is 2.20. The van der Waals surface area contributed by atoms with Crippen LogP contribution < -0.4 is 9.54 Å². The molecule has 0 aliphatic rings. The Morgan fingerprint density at radius 3 is 2.64 bits per heavy atom. The number of methoxy groups -OCH3 is 1. The molecule has 148 valence electrons. The molecule has 7 heteroatoms. The van der Waals surface area contributed by atoms with Crippen molar-refractivity contribution in [2.75, 3.05) is 20.3 Å². The van der Waals surface area contributed by atoms with E-state index in [0.29, 0.717) is 29.6 Å². The number of fused-ring (bicyclic) bond motifs is 1. The molecule has 0 unspecified atom stereocenters. The maximum absolute atomic E-state index is 13.5. The fraction of sp³-hybridized carbons (Fsp3) is 0.333. The van der Waals surface area contributed by atoms with Crippen LogP contribution in [0.2, 0.25) is 0 Å². The van der Waals surface area contributed by atoms with Gasteiger partial charge in [-0.05, 0) is 41.8 Å². The van der Waals surface area contributed by atoms with Crippen LogP contribution in [0.1, 0.15) is 25.3 Å². The molecule has 2 aromatic carbocycles. The molecule has 3 rings (SSSR count). The van der Waals surface area contributed by atoms with Crippen molar-refractivity contribution in [1.29, 1.82) is 0 Å². The SMILES string of the molecule is COCCn1c(=NC(=O)COc2ccc(C(C)C)cc2)sc2cc(F)ccc21. The minimum Gasteiger partial charge on any atom is -0.484 e. The van der Waals surface area contributed by atoms with Crippen molar-refractivity contribution in [3.8, 4) is 5.75 Å². The molecule has 5 nitrogen and oxygen atoms in total.